The number of carbonyl (C=O) groups is 2. The van der Waals surface area contributed by atoms with Crippen molar-refractivity contribution in [2.45, 2.75) is 137 Å². The van der Waals surface area contributed by atoms with Crippen LogP contribution < -0.4 is 0 Å². The molecule has 0 amide bonds. The third-order valence-electron chi connectivity index (χ3n) is 7.80. The van der Waals surface area contributed by atoms with Gasteiger partial charge in [-0.05, 0) is 88.4 Å². The molecule has 1 aliphatic rings. The highest BCUT2D eigenvalue weighted by Crippen LogP contribution is 2.55. The molecular weight excluding hydrogens is 444 g/mol. The number of Topliss-reactive ketones (excluding diaryl/α,β-unsaturated/α-hetero) is 1. The van der Waals surface area contributed by atoms with Crippen molar-refractivity contribution in [3.05, 3.63) is 36.5 Å². The van der Waals surface area contributed by atoms with Crippen molar-refractivity contribution in [3.63, 3.8) is 0 Å². The number of esters is 1. The first-order valence-corrected chi connectivity index (χ1v) is 14.9. The molecule has 1 rings (SSSR count). The fourth-order valence-corrected chi connectivity index (χ4v) is 5.45. The van der Waals surface area contributed by atoms with Crippen LogP contribution in [0.2, 0.25) is 0 Å². The first kappa shape index (κ1) is 32.4. The third-order valence-corrected chi connectivity index (χ3v) is 7.80. The lowest BCUT2D eigenvalue weighted by molar-refractivity contribution is -0.143. The van der Waals surface area contributed by atoms with Gasteiger partial charge in [0.15, 0.2) is 0 Å². The summed E-state index contributed by atoms with van der Waals surface area (Å²) in [6.45, 7) is 13.3. The SMILES string of the molecule is C=C(CCCOC(=O)CCCCCCC/C=C\C/C=C\CCCCC)[C@@H]1CC(C)(C)[C@H]1CCC(C)=O. The van der Waals surface area contributed by atoms with Crippen molar-refractivity contribution in [2.75, 3.05) is 6.61 Å². The maximum absolute atomic E-state index is 12.0. The fraction of sp³-hybridized carbons (Fsp3) is 0.758. The Morgan fingerprint density at radius 3 is 2.14 bits per heavy atom. The number of ether oxygens (including phenoxy) is 1. The molecule has 206 valence electrons. The molecule has 0 aromatic rings. The van der Waals surface area contributed by atoms with Gasteiger partial charge in [0.1, 0.15) is 5.78 Å². The lowest BCUT2D eigenvalue weighted by Crippen LogP contribution is -2.44. The van der Waals surface area contributed by atoms with Crippen LogP contribution in [0.1, 0.15) is 137 Å². The molecule has 3 nitrogen and oxygen atoms in total. The molecule has 0 aliphatic heterocycles. The van der Waals surface area contributed by atoms with E-state index in [-0.39, 0.29) is 11.8 Å². The summed E-state index contributed by atoms with van der Waals surface area (Å²) in [6.07, 6.45) is 27.3. The predicted molar refractivity (Wildman–Crippen MR) is 154 cm³/mol. The number of hydrogen-bond acceptors (Lipinski definition) is 3. The van der Waals surface area contributed by atoms with Crippen molar-refractivity contribution in [1.29, 1.82) is 0 Å². The van der Waals surface area contributed by atoms with Crippen molar-refractivity contribution in [1.82, 2.24) is 0 Å². The van der Waals surface area contributed by atoms with Gasteiger partial charge in [-0.1, -0.05) is 89.3 Å². The van der Waals surface area contributed by atoms with E-state index in [1.54, 1.807) is 6.92 Å². The first-order valence-electron chi connectivity index (χ1n) is 14.9. The monoisotopic (exact) mass is 500 g/mol. The zero-order chi connectivity index (χ0) is 26.7. The Bertz CT molecular complexity index is 685. The molecule has 0 aromatic carbocycles. The van der Waals surface area contributed by atoms with Gasteiger partial charge < -0.3 is 9.53 Å². The number of allylic oxidation sites excluding steroid dienone is 5. The van der Waals surface area contributed by atoms with Gasteiger partial charge in [0.05, 0.1) is 6.61 Å². The Labute approximate surface area is 223 Å². The third kappa shape index (κ3) is 14.8. The summed E-state index contributed by atoms with van der Waals surface area (Å²) < 4.78 is 5.45. The van der Waals surface area contributed by atoms with Crippen LogP contribution in [0.3, 0.4) is 0 Å². The Kier molecular flexibility index (Phi) is 17.5. The molecule has 1 saturated carbocycles. The zero-order valence-electron chi connectivity index (χ0n) is 24.1. The van der Waals surface area contributed by atoms with Crippen molar-refractivity contribution in [3.8, 4) is 0 Å². The van der Waals surface area contributed by atoms with E-state index >= 15 is 0 Å². The molecule has 0 N–H and O–H groups in total. The summed E-state index contributed by atoms with van der Waals surface area (Å²) >= 11 is 0. The fourth-order valence-electron chi connectivity index (χ4n) is 5.45. The van der Waals surface area contributed by atoms with Gasteiger partial charge in [-0.3, -0.25) is 4.79 Å². The van der Waals surface area contributed by atoms with Crippen LogP contribution in [0.25, 0.3) is 0 Å². The van der Waals surface area contributed by atoms with Crippen LogP contribution >= 0.6 is 0 Å². The molecule has 0 spiro atoms. The molecular formula is C33H56O3. The molecule has 2 atom stereocenters. The lowest BCUT2D eigenvalue weighted by atomic mass is 9.52. The van der Waals surface area contributed by atoms with Crippen LogP contribution in [-0.2, 0) is 14.3 Å². The Morgan fingerprint density at radius 2 is 1.50 bits per heavy atom. The molecule has 0 heterocycles. The second-order valence-corrected chi connectivity index (χ2v) is 11.6. The van der Waals surface area contributed by atoms with E-state index in [9.17, 15) is 9.59 Å². The largest absolute Gasteiger partial charge is 0.466 e. The second kappa shape index (κ2) is 19.5. The minimum absolute atomic E-state index is 0.0598. The first-order chi connectivity index (χ1) is 17.3. The summed E-state index contributed by atoms with van der Waals surface area (Å²) in [5.74, 6) is 1.28. The van der Waals surface area contributed by atoms with E-state index in [1.807, 2.05) is 0 Å². The summed E-state index contributed by atoms with van der Waals surface area (Å²) in [5.41, 5.74) is 1.57. The molecule has 0 bridgehead atoms. The molecule has 0 saturated heterocycles. The average Bonchev–Trinajstić information content (AvgIpc) is 2.82. The molecule has 1 aliphatic carbocycles. The topological polar surface area (TPSA) is 43.4 Å². The second-order valence-electron chi connectivity index (χ2n) is 11.6. The number of rotatable bonds is 22. The lowest BCUT2D eigenvalue weighted by Gasteiger charge is -2.53. The highest BCUT2D eigenvalue weighted by Gasteiger charge is 2.47. The molecule has 1 fully saturated rings. The van der Waals surface area contributed by atoms with Crippen molar-refractivity contribution < 1.29 is 14.3 Å². The van der Waals surface area contributed by atoms with Gasteiger partial charge in [0.2, 0.25) is 0 Å². The number of ketones is 1. The number of hydrogen-bond donors (Lipinski definition) is 0. The van der Waals surface area contributed by atoms with Gasteiger partial charge in [-0.25, -0.2) is 0 Å². The van der Waals surface area contributed by atoms with E-state index < -0.39 is 0 Å². The molecule has 0 aromatic heterocycles. The van der Waals surface area contributed by atoms with E-state index in [4.69, 9.17) is 4.74 Å². The summed E-state index contributed by atoms with van der Waals surface area (Å²) in [4.78, 5) is 23.4. The highest BCUT2D eigenvalue weighted by atomic mass is 16.5. The summed E-state index contributed by atoms with van der Waals surface area (Å²) in [5, 5.41) is 0. The van der Waals surface area contributed by atoms with Crippen LogP contribution in [0.15, 0.2) is 36.5 Å². The van der Waals surface area contributed by atoms with Crippen LogP contribution in [0, 0.1) is 17.3 Å². The number of carbonyl (C=O) groups excluding carboxylic acids is 2. The molecule has 36 heavy (non-hydrogen) atoms. The van der Waals surface area contributed by atoms with E-state index in [0.29, 0.717) is 36.7 Å². The van der Waals surface area contributed by atoms with Crippen molar-refractivity contribution >= 4 is 11.8 Å². The molecule has 0 unspecified atom stereocenters. The van der Waals surface area contributed by atoms with Gasteiger partial charge in [0, 0.05) is 12.8 Å². The Hall–Kier alpha value is -1.64. The van der Waals surface area contributed by atoms with Gasteiger partial charge in [-0.15, -0.1) is 0 Å². The normalized spacial score (nSPS) is 19.0. The molecule has 3 heteroatoms. The predicted octanol–water partition coefficient (Wildman–Crippen LogP) is 9.71. The highest BCUT2D eigenvalue weighted by molar-refractivity contribution is 5.75. The number of unbranched alkanes of at least 4 members (excludes halogenated alkanes) is 8. The zero-order valence-corrected chi connectivity index (χ0v) is 24.1. The standard InChI is InChI=1S/C33H56O3/c1-6-7-8-9-10-11-12-13-14-15-16-17-18-19-20-23-32(35)36-26-21-22-28(2)30-27-33(4,5)31(30)25-24-29(3)34/h10-11,13-14,30-31H,2,6-9,12,15-27H2,1,3-5H3/b11-10-,14-13-/t30-,31-/m0/s1. The molecule has 0 radical (unpaired) electrons. The van der Waals surface area contributed by atoms with Crippen LogP contribution in [0.4, 0.5) is 0 Å². The van der Waals surface area contributed by atoms with Crippen LogP contribution in [0.5, 0.6) is 0 Å². The summed E-state index contributed by atoms with van der Waals surface area (Å²) in [6, 6.07) is 0. The summed E-state index contributed by atoms with van der Waals surface area (Å²) in [7, 11) is 0. The minimum Gasteiger partial charge on any atom is -0.466 e. The van der Waals surface area contributed by atoms with Gasteiger partial charge >= 0.3 is 5.97 Å². The maximum atomic E-state index is 12.0. The van der Waals surface area contributed by atoms with E-state index in [2.05, 4.69) is 51.7 Å². The maximum Gasteiger partial charge on any atom is 0.305 e. The van der Waals surface area contributed by atoms with Crippen molar-refractivity contribution in [2.24, 2.45) is 17.3 Å². The van der Waals surface area contributed by atoms with E-state index in [1.165, 1.54) is 50.5 Å². The van der Waals surface area contributed by atoms with Crippen LogP contribution in [-0.4, -0.2) is 18.4 Å². The Balaban J connectivity index is 1.97. The quantitative estimate of drug-likeness (QED) is 0.0844. The average molecular weight is 501 g/mol. The van der Waals surface area contributed by atoms with Gasteiger partial charge in [0.25, 0.3) is 0 Å². The van der Waals surface area contributed by atoms with E-state index in [0.717, 1.165) is 51.4 Å². The minimum atomic E-state index is -0.0598. The Morgan fingerprint density at radius 1 is 0.861 bits per heavy atom. The van der Waals surface area contributed by atoms with Gasteiger partial charge in [-0.2, -0.15) is 0 Å². The smallest absolute Gasteiger partial charge is 0.305 e.